The van der Waals surface area contributed by atoms with Crippen LogP contribution in [-0.2, 0) is 28.3 Å². The molecule has 24 heavy (non-hydrogen) atoms. The molecule has 1 heterocycles. The van der Waals surface area contributed by atoms with Crippen molar-refractivity contribution in [1.29, 1.82) is 0 Å². The van der Waals surface area contributed by atoms with E-state index in [9.17, 15) is 13.2 Å². The van der Waals surface area contributed by atoms with Crippen LogP contribution in [0.3, 0.4) is 0 Å². The van der Waals surface area contributed by atoms with Gasteiger partial charge in [-0.2, -0.15) is 4.31 Å². The van der Waals surface area contributed by atoms with Crippen LogP contribution in [0.2, 0.25) is 0 Å². The second-order valence-corrected chi connectivity index (χ2v) is 7.44. The minimum absolute atomic E-state index is 0.0492. The minimum Gasteiger partial charge on any atom is -0.359 e. The molecule has 2 aromatic rings. The predicted molar refractivity (Wildman–Crippen MR) is 93.2 cm³/mol. The second kappa shape index (κ2) is 7.31. The number of hydrogen-bond donors (Lipinski definition) is 1. The van der Waals surface area contributed by atoms with Gasteiger partial charge < -0.3 is 9.88 Å². The van der Waals surface area contributed by atoms with Gasteiger partial charge in [0.15, 0.2) is 0 Å². The zero-order chi connectivity index (χ0) is 17.9. The molecule has 0 saturated carbocycles. The highest BCUT2D eigenvalue weighted by molar-refractivity contribution is 7.89. The number of benzene rings is 1. The fourth-order valence-corrected chi connectivity index (χ4v) is 4.16. The maximum absolute atomic E-state index is 12.6. The van der Waals surface area contributed by atoms with Gasteiger partial charge in [-0.05, 0) is 18.2 Å². The van der Waals surface area contributed by atoms with Gasteiger partial charge >= 0.3 is 0 Å². The Kier molecular flexibility index (Phi) is 5.61. The highest BCUT2D eigenvalue weighted by Gasteiger charge is 2.22. The summed E-state index contributed by atoms with van der Waals surface area (Å²) in [5, 5.41) is 2.58. The standard InChI is InChI=1S/C16H24N4O3S/c1-5-20(6-2)24(22,23)12-7-8-14-13(11-12)18-15(19(14)4)9-10-16(21)17-3/h7-8,11H,5-6,9-10H2,1-4H3,(H,17,21). The fraction of sp³-hybridized carbons (Fsp3) is 0.500. The van der Waals surface area contributed by atoms with Crippen LogP contribution >= 0.6 is 0 Å². The van der Waals surface area contributed by atoms with E-state index >= 15 is 0 Å². The Balaban J connectivity index is 2.40. The first kappa shape index (κ1) is 18.4. The maximum Gasteiger partial charge on any atom is 0.243 e. The molecule has 0 aliphatic heterocycles. The third-order valence-electron chi connectivity index (χ3n) is 4.14. The van der Waals surface area contributed by atoms with Crippen LogP contribution in [0.4, 0.5) is 0 Å². The van der Waals surface area contributed by atoms with Gasteiger partial charge in [0.2, 0.25) is 15.9 Å². The van der Waals surface area contributed by atoms with E-state index in [-0.39, 0.29) is 10.8 Å². The van der Waals surface area contributed by atoms with Crippen molar-refractivity contribution in [3.05, 3.63) is 24.0 Å². The highest BCUT2D eigenvalue weighted by Crippen LogP contribution is 2.22. The van der Waals surface area contributed by atoms with Gasteiger partial charge in [0.25, 0.3) is 0 Å². The Labute approximate surface area is 142 Å². The summed E-state index contributed by atoms with van der Waals surface area (Å²) in [7, 11) is -0.0390. The molecule has 2 rings (SSSR count). The largest absolute Gasteiger partial charge is 0.359 e. The third-order valence-corrected chi connectivity index (χ3v) is 6.19. The third kappa shape index (κ3) is 3.44. The van der Waals surface area contributed by atoms with Gasteiger partial charge in [0, 0.05) is 40.0 Å². The van der Waals surface area contributed by atoms with Crippen LogP contribution in [-0.4, -0.2) is 48.3 Å². The molecule has 8 heteroatoms. The second-order valence-electron chi connectivity index (χ2n) is 5.50. The van der Waals surface area contributed by atoms with E-state index in [1.165, 1.54) is 4.31 Å². The molecule has 132 valence electrons. The van der Waals surface area contributed by atoms with E-state index in [2.05, 4.69) is 10.3 Å². The lowest BCUT2D eigenvalue weighted by atomic mass is 10.3. The predicted octanol–water partition coefficient (Wildman–Crippen LogP) is 1.28. The average Bonchev–Trinajstić information content (AvgIpc) is 2.89. The molecule has 1 amide bonds. The molecule has 0 radical (unpaired) electrons. The van der Waals surface area contributed by atoms with Crippen molar-refractivity contribution >= 4 is 27.0 Å². The van der Waals surface area contributed by atoms with Crippen LogP contribution in [0.25, 0.3) is 11.0 Å². The minimum atomic E-state index is -3.51. The molecule has 0 saturated heterocycles. The fourth-order valence-electron chi connectivity index (χ4n) is 2.68. The number of amides is 1. The lowest BCUT2D eigenvalue weighted by Gasteiger charge is -2.18. The summed E-state index contributed by atoms with van der Waals surface area (Å²) in [6, 6.07) is 4.98. The quantitative estimate of drug-likeness (QED) is 0.814. The number of carbonyl (C=O) groups excluding carboxylic acids is 1. The normalized spacial score (nSPS) is 12.0. The number of carbonyl (C=O) groups is 1. The van der Waals surface area contributed by atoms with Crippen LogP contribution in [0.5, 0.6) is 0 Å². The monoisotopic (exact) mass is 352 g/mol. The highest BCUT2D eigenvalue weighted by atomic mass is 32.2. The summed E-state index contributed by atoms with van der Waals surface area (Å²) in [5.74, 6) is 0.706. The van der Waals surface area contributed by atoms with Crippen molar-refractivity contribution < 1.29 is 13.2 Å². The Morgan fingerprint density at radius 1 is 1.29 bits per heavy atom. The van der Waals surface area contributed by atoms with Crippen molar-refractivity contribution in [2.75, 3.05) is 20.1 Å². The lowest BCUT2D eigenvalue weighted by molar-refractivity contribution is -0.120. The molecule has 1 aromatic carbocycles. The number of aromatic nitrogens is 2. The summed E-state index contributed by atoms with van der Waals surface area (Å²) in [6.07, 6.45) is 0.848. The van der Waals surface area contributed by atoms with Crippen LogP contribution in [0.1, 0.15) is 26.1 Å². The van der Waals surface area contributed by atoms with E-state index < -0.39 is 10.0 Å². The number of nitrogens with zero attached hydrogens (tertiary/aromatic N) is 3. The Bertz CT molecular complexity index is 838. The first-order chi connectivity index (χ1) is 11.3. The Morgan fingerprint density at radius 2 is 1.96 bits per heavy atom. The molecule has 0 aliphatic rings. The zero-order valence-corrected chi connectivity index (χ0v) is 15.4. The molecule has 0 atom stereocenters. The first-order valence-corrected chi connectivity index (χ1v) is 9.45. The molecule has 7 nitrogen and oxygen atoms in total. The molecule has 0 spiro atoms. The average molecular weight is 352 g/mol. The molecule has 0 bridgehead atoms. The zero-order valence-electron chi connectivity index (χ0n) is 14.5. The van der Waals surface area contributed by atoms with Crippen molar-refractivity contribution in [1.82, 2.24) is 19.2 Å². The lowest BCUT2D eigenvalue weighted by Crippen LogP contribution is -2.30. The number of imidazole rings is 1. The van der Waals surface area contributed by atoms with Crippen molar-refractivity contribution in [2.45, 2.75) is 31.6 Å². The molecule has 0 aliphatic carbocycles. The van der Waals surface area contributed by atoms with Gasteiger partial charge in [-0.25, -0.2) is 13.4 Å². The van der Waals surface area contributed by atoms with Crippen molar-refractivity contribution in [3.8, 4) is 0 Å². The van der Waals surface area contributed by atoms with Crippen LogP contribution in [0.15, 0.2) is 23.1 Å². The topological polar surface area (TPSA) is 84.3 Å². The molecule has 0 unspecified atom stereocenters. The van der Waals surface area contributed by atoms with Gasteiger partial charge in [0.1, 0.15) is 5.82 Å². The van der Waals surface area contributed by atoms with Crippen LogP contribution < -0.4 is 5.32 Å². The van der Waals surface area contributed by atoms with E-state index in [4.69, 9.17) is 0 Å². The number of hydrogen-bond acceptors (Lipinski definition) is 4. The number of fused-ring (bicyclic) bond motifs is 1. The van der Waals surface area contributed by atoms with Gasteiger partial charge in [0.05, 0.1) is 15.9 Å². The SMILES string of the molecule is CCN(CC)S(=O)(=O)c1ccc2c(c1)nc(CCC(=O)NC)n2C. The molecular formula is C16H24N4O3S. The summed E-state index contributed by atoms with van der Waals surface area (Å²) in [6.45, 7) is 4.49. The van der Waals surface area contributed by atoms with Crippen molar-refractivity contribution in [3.63, 3.8) is 0 Å². The molecule has 1 N–H and O–H groups in total. The van der Waals surface area contributed by atoms with Gasteiger partial charge in [-0.1, -0.05) is 13.8 Å². The number of aryl methyl sites for hydroxylation is 2. The molecule has 0 fully saturated rings. The van der Waals surface area contributed by atoms with Gasteiger partial charge in [-0.15, -0.1) is 0 Å². The summed E-state index contributed by atoms with van der Waals surface area (Å²) in [5.41, 5.74) is 1.47. The summed E-state index contributed by atoms with van der Waals surface area (Å²) < 4.78 is 28.6. The van der Waals surface area contributed by atoms with Crippen LogP contribution in [0, 0.1) is 0 Å². The smallest absolute Gasteiger partial charge is 0.243 e. The molecule has 1 aromatic heterocycles. The van der Waals surface area contributed by atoms with E-state index in [0.717, 1.165) is 11.3 Å². The van der Waals surface area contributed by atoms with Gasteiger partial charge in [-0.3, -0.25) is 4.79 Å². The molecular weight excluding hydrogens is 328 g/mol. The summed E-state index contributed by atoms with van der Waals surface area (Å²) in [4.78, 5) is 16.2. The Morgan fingerprint density at radius 3 is 2.54 bits per heavy atom. The number of nitrogens with one attached hydrogen (secondary N) is 1. The number of sulfonamides is 1. The van der Waals surface area contributed by atoms with E-state index in [0.29, 0.717) is 31.4 Å². The van der Waals surface area contributed by atoms with E-state index in [1.807, 2.05) is 25.5 Å². The number of rotatable bonds is 7. The first-order valence-electron chi connectivity index (χ1n) is 8.01. The van der Waals surface area contributed by atoms with E-state index in [1.54, 1.807) is 25.2 Å². The maximum atomic E-state index is 12.6. The summed E-state index contributed by atoms with van der Waals surface area (Å²) >= 11 is 0. The van der Waals surface area contributed by atoms with Crippen molar-refractivity contribution in [2.24, 2.45) is 7.05 Å². The Hall–Kier alpha value is -1.93.